The summed E-state index contributed by atoms with van der Waals surface area (Å²) in [6, 6.07) is 14.8. The summed E-state index contributed by atoms with van der Waals surface area (Å²) in [5.74, 6) is 1.20. The van der Waals surface area contributed by atoms with E-state index >= 15 is 0 Å². The van der Waals surface area contributed by atoms with Crippen LogP contribution in [0, 0.1) is 0 Å². The van der Waals surface area contributed by atoms with Crippen LogP contribution in [0.4, 0.5) is 0 Å². The number of rotatable bonds is 4. The van der Waals surface area contributed by atoms with Crippen molar-refractivity contribution in [3.8, 4) is 5.75 Å². The molecule has 0 amide bonds. The van der Waals surface area contributed by atoms with Crippen LogP contribution in [-0.2, 0) is 13.2 Å². The maximum atomic E-state index is 12.0. The first-order chi connectivity index (χ1) is 10.3. The highest BCUT2D eigenvalue weighted by Crippen LogP contribution is 2.18. The summed E-state index contributed by atoms with van der Waals surface area (Å²) >= 11 is 0. The molecule has 21 heavy (non-hydrogen) atoms. The largest absolute Gasteiger partial charge is 0.485 e. The highest BCUT2D eigenvalue weighted by Gasteiger charge is 2.05. The van der Waals surface area contributed by atoms with E-state index in [1.165, 1.54) is 0 Å². The number of nitrogens with two attached hydrogens (primary N) is 1. The Hall–Kier alpha value is -2.66. The third-order valence-electron chi connectivity index (χ3n) is 3.22. The number of benzene rings is 2. The fourth-order valence-corrected chi connectivity index (χ4v) is 2.16. The molecule has 0 saturated carbocycles. The van der Waals surface area contributed by atoms with Gasteiger partial charge in [-0.25, -0.2) is 4.98 Å². The Morgan fingerprint density at radius 1 is 1.10 bits per heavy atom. The Bertz CT molecular complexity index is 827. The summed E-state index contributed by atoms with van der Waals surface area (Å²) in [5, 5.41) is 0.573. The second-order valence-corrected chi connectivity index (χ2v) is 4.63. The van der Waals surface area contributed by atoms with Gasteiger partial charge >= 0.3 is 0 Å². The van der Waals surface area contributed by atoms with E-state index in [1.807, 2.05) is 42.5 Å². The van der Waals surface area contributed by atoms with Gasteiger partial charge in [0.25, 0.3) is 5.56 Å². The summed E-state index contributed by atoms with van der Waals surface area (Å²) in [4.78, 5) is 19.1. The molecule has 1 aromatic heterocycles. The van der Waals surface area contributed by atoms with Crippen molar-refractivity contribution in [2.45, 2.75) is 13.2 Å². The van der Waals surface area contributed by atoms with Gasteiger partial charge < -0.3 is 15.5 Å². The molecule has 5 heteroatoms. The molecule has 0 aliphatic carbocycles. The summed E-state index contributed by atoms with van der Waals surface area (Å²) in [6.07, 6.45) is 0. The number of nitrogens with one attached hydrogen (secondary N) is 1. The third-order valence-corrected chi connectivity index (χ3v) is 3.22. The number of aromatic amines is 1. The highest BCUT2D eigenvalue weighted by molar-refractivity contribution is 5.77. The smallest absolute Gasteiger partial charge is 0.258 e. The Balaban J connectivity index is 1.87. The monoisotopic (exact) mass is 281 g/mol. The molecule has 0 spiro atoms. The lowest BCUT2D eigenvalue weighted by Crippen LogP contribution is -2.14. The van der Waals surface area contributed by atoms with Gasteiger partial charge in [-0.15, -0.1) is 0 Å². The van der Waals surface area contributed by atoms with E-state index in [0.29, 0.717) is 29.0 Å². The molecule has 0 bridgehead atoms. The van der Waals surface area contributed by atoms with E-state index < -0.39 is 0 Å². The molecule has 0 saturated heterocycles. The molecule has 1 heterocycles. The van der Waals surface area contributed by atoms with Gasteiger partial charge in [0.2, 0.25) is 0 Å². The fraction of sp³-hybridized carbons (Fsp3) is 0.125. The van der Waals surface area contributed by atoms with Crippen molar-refractivity contribution >= 4 is 10.9 Å². The van der Waals surface area contributed by atoms with Gasteiger partial charge in [-0.3, -0.25) is 4.79 Å². The predicted octanol–water partition coefficient (Wildman–Crippen LogP) is 1.96. The van der Waals surface area contributed by atoms with Gasteiger partial charge in [0.1, 0.15) is 18.2 Å². The number of hydrogen-bond acceptors (Lipinski definition) is 4. The summed E-state index contributed by atoms with van der Waals surface area (Å²) < 4.78 is 5.71. The molecule has 5 nitrogen and oxygen atoms in total. The lowest BCUT2D eigenvalue weighted by molar-refractivity contribution is 0.293. The fourth-order valence-electron chi connectivity index (χ4n) is 2.16. The van der Waals surface area contributed by atoms with Crippen LogP contribution >= 0.6 is 0 Å². The van der Waals surface area contributed by atoms with Crippen molar-refractivity contribution in [2.24, 2.45) is 5.73 Å². The van der Waals surface area contributed by atoms with Crippen LogP contribution in [0.2, 0.25) is 0 Å². The lowest BCUT2D eigenvalue weighted by Gasteiger charge is -2.10. The average Bonchev–Trinajstić information content (AvgIpc) is 2.53. The van der Waals surface area contributed by atoms with Gasteiger partial charge in [0.15, 0.2) is 0 Å². The van der Waals surface area contributed by atoms with Crippen molar-refractivity contribution in [1.82, 2.24) is 9.97 Å². The maximum Gasteiger partial charge on any atom is 0.258 e. The van der Waals surface area contributed by atoms with E-state index in [-0.39, 0.29) is 12.2 Å². The molecule has 3 N–H and O–H groups in total. The topological polar surface area (TPSA) is 81.0 Å². The second kappa shape index (κ2) is 5.76. The first kappa shape index (κ1) is 13.3. The lowest BCUT2D eigenvalue weighted by atomic mass is 10.2. The van der Waals surface area contributed by atoms with Crippen molar-refractivity contribution in [3.05, 3.63) is 70.3 Å². The van der Waals surface area contributed by atoms with Crippen molar-refractivity contribution < 1.29 is 4.74 Å². The minimum atomic E-state index is -0.161. The van der Waals surface area contributed by atoms with Gasteiger partial charge in [0, 0.05) is 12.1 Å². The van der Waals surface area contributed by atoms with Crippen LogP contribution in [0.5, 0.6) is 5.75 Å². The molecular weight excluding hydrogens is 266 g/mol. The van der Waals surface area contributed by atoms with Crippen LogP contribution in [0.15, 0.2) is 53.3 Å². The normalized spacial score (nSPS) is 10.7. The molecule has 0 radical (unpaired) electrons. The maximum absolute atomic E-state index is 12.0. The first-order valence-electron chi connectivity index (χ1n) is 6.66. The zero-order chi connectivity index (χ0) is 14.7. The Kier molecular flexibility index (Phi) is 3.66. The highest BCUT2D eigenvalue weighted by atomic mass is 16.5. The number of aromatic nitrogens is 2. The summed E-state index contributed by atoms with van der Waals surface area (Å²) in [7, 11) is 0. The number of hydrogen-bond donors (Lipinski definition) is 2. The molecule has 106 valence electrons. The minimum Gasteiger partial charge on any atom is -0.485 e. The van der Waals surface area contributed by atoms with E-state index in [2.05, 4.69) is 9.97 Å². The Morgan fingerprint density at radius 3 is 2.71 bits per heavy atom. The number of para-hydroxylation sites is 2. The van der Waals surface area contributed by atoms with Crippen molar-refractivity contribution in [1.29, 1.82) is 0 Å². The molecule has 0 aliphatic heterocycles. The zero-order valence-corrected chi connectivity index (χ0v) is 11.4. The first-order valence-corrected chi connectivity index (χ1v) is 6.66. The predicted molar refractivity (Wildman–Crippen MR) is 81.0 cm³/mol. The summed E-state index contributed by atoms with van der Waals surface area (Å²) in [6.45, 7) is 0.592. The molecule has 0 aliphatic rings. The van der Waals surface area contributed by atoms with Crippen LogP contribution in [0.3, 0.4) is 0 Å². The van der Waals surface area contributed by atoms with Crippen LogP contribution in [0.1, 0.15) is 11.4 Å². The Morgan fingerprint density at radius 2 is 1.86 bits per heavy atom. The van der Waals surface area contributed by atoms with Crippen LogP contribution in [-0.4, -0.2) is 9.97 Å². The molecule has 3 rings (SSSR count). The quantitative estimate of drug-likeness (QED) is 0.766. The van der Waals surface area contributed by atoms with Gasteiger partial charge in [-0.2, -0.15) is 0 Å². The average molecular weight is 281 g/mol. The van der Waals surface area contributed by atoms with Gasteiger partial charge in [-0.1, -0.05) is 30.3 Å². The van der Waals surface area contributed by atoms with E-state index in [0.717, 1.165) is 5.56 Å². The molecule has 0 fully saturated rings. The minimum absolute atomic E-state index is 0.161. The van der Waals surface area contributed by atoms with Crippen molar-refractivity contribution in [2.75, 3.05) is 0 Å². The van der Waals surface area contributed by atoms with Gasteiger partial charge in [-0.05, 0) is 18.2 Å². The molecule has 0 unspecified atom stereocenters. The molecule has 3 aromatic rings. The Labute approximate surface area is 121 Å². The van der Waals surface area contributed by atoms with E-state index in [4.69, 9.17) is 10.5 Å². The van der Waals surface area contributed by atoms with Crippen LogP contribution in [0.25, 0.3) is 10.9 Å². The van der Waals surface area contributed by atoms with Gasteiger partial charge in [0.05, 0.1) is 10.9 Å². The molecular formula is C16H15N3O2. The number of ether oxygens (including phenoxy) is 1. The SMILES string of the molecule is NCc1ccccc1OCc1nc2ccccc2c(=O)[nH]1. The molecule has 2 aromatic carbocycles. The standard InChI is InChI=1S/C16H15N3O2/c17-9-11-5-1-4-8-14(11)21-10-15-18-13-7-3-2-6-12(13)16(20)19-15/h1-8H,9-10,17H2,(H,18,19,20). The van der Waals surface area contributed by atoms with Crippen LogP contribution < -0.4 is 16.0 Å². The van der Waals surface area contributed by atoms with E-state index in [1.54, 1.807) is 6.07 Å². The number of H-pyrrole nitrogens is 1. The molecule has 0 atom stereocenters. The number of nitrogens with zero attached hydrogens (tertiary/aromatic N) is 1. The second-order valence-electron chi connectivity index (χ2n) is 4.63. The number of fused-ring (bicyclic) bond motifs is 1. The zero-order valence-electron chi connectivity index (χ0n) is 11.4. The van der Waals surface area contributed by atoms with E-state index in [9.17, 15) is 4.79 Å². The third kappa shape index (κ3) is 2.78. The van der Waals surface area contributed by atoms with Crippen molar-refractivity contribution in [3.63, 3.8) is 0 Å². The summed E-state index contributed by atoms with van der Waals surface area (Å²) in [5.41, 5.74) is 7.08.